The summed E-state index contributed by atoms with van der Waals surface area (Å²) in [6.45, 7) is 1.57. The number of nitrogens with zero attached hydrogens (tertiary/aromatic N) is 2. The molecule has 8 nitrogen and oxygen atoms in total. The SMILES string of the molecule is C/C(=N\NC(=O)Cc1ccc([N+](=O)[O-])cc1)c1cc(O)ccc1O. The lowest BCUT2D eigenvalue weighted by atomic mass is 10.1. The quantitative estimate of drug-likeness (QED) is 0.335. The number of carbonyl (C=O) groups excluding carboxylic acids is 1. The standard InChI is InChI=1S/C16H15N3O5/c1-10(14-9-13(20)6-7-15(14)21)17-18-16(22)8-11-2-4-12(5-3-11)19(23)24/h2-7,9,20-21H,8H2,1H3,(H,18,22)/b17-10+. The molecule has 2 rings (SSSR count). The summed E-state index contributed by atoms with van der Waals surface area (Å²) < 4.78 is 0. The first-order chi connectivity index (χ1) is 11.4. The minimum absolute atomic E-state index is 0.000790. The number of hydrazone groups is 1. The van der Waals surface area contributed by atoms with Crippen molar-refractivity contribution in [2.45, 2.75) is 13.3 Å². The van der Waals surface area contributed by atoms with Crippen molar-refractivity contribution >= 4 is 17.3 Å². The molecule has 0 unspecified atom stereocenters. The summed E-state index contributed by atoms with van der Waals surface area (Å²) in [6.07, 6.45) is 0.000790. The molecule has 0 radical (unpaired) electrons. The second-order valence-electron chi connectivity index (χ2n) is 5.03. The number of nitro groups is 1. The number of carbonyl (C=O) groups is 1. The van der Waals surface area contributed by atoms with Gasteiger partial charge in [0.2, 0.25) is 5.91 Å². The van der Waals surface area contributed by atoms with Crippen LogP contribution in [0.5, 0.6) is 11.5 Å². The van der Waals surface area contributed by atoms with Gasteiger partial charge in [-0.15, -0.1) is 0 Å². The van der Waals surface area contributed by atoms with E-state index in [9.17, 15) is 25.1 Å². The van der Waals surface area contributed by atoms with Crippen LogP contribution in [-0.4, -0.2) is 26.8 Å². The Morgan fingerprint density at radius 2 is 1.88 bits per heavy atom. The van der Waals surface area contributed by atoms with Crippen molar-refractivity contribution in [3.8, 4) is 11.5 Å². The van der Waals surface area contributed by atoms with Crippen LogP contribution in [0.3, 0.4) is 0 Å². The molecular weight excluding hydrogens is 314 g/mol. The Morgan fingerprint density at radius 3 is 2.50 bits per heavy atom. The van der Waals surface area contributed by atoms with Crippen molar-refractivity contribution in [1.29, 1.82) is 0 Å². The first kappa shape index (κ1) is 16.9. The zero-order valence-electron chi connectivity index (χ0n) is 12.8. The summed E-state index contributed by atoms with van der Waals surface area (Å²) in [5, 5.41) is 33.6. The second kappa shape index (κ2) is 7.23. The number of hydrogen-bond donors (Lipinski definition) is 3. The van der Waals surface area contributed by atoms with Gasteiger partial charge in [-0.2, -0.15) is 5.10 Å². The Balaban J connectivity index is 2.01. The number of nitro benzene ring substituents is 1. The number of amides is 1. The summed E-state index contributed by atoms with van der Waals surface area (Å²) in [6, 6.07) is 9.62. The van der Waals surface area contributed by atoms with Crippen LogP contribution in [0.25, 0.3) is 0 Å². The number of hydrogen-bond acceptors (Lipinski definition) is 6. The van der Waals surface area contributed by atoms with Gasteiger partial charge in [-0.1, -0.05) is 12.1 Å². The first-order valence-electron chi connectivity index (χ1n) is 6.95. The number of phenols is 2. The predicted molar refractivity (Wildman–Crippen MR) is 86.9 cm³/mol. The maximum Gasteiger partial charge on any atom is 0.269 e. The number of non-ortho nitro benzene ring substituents is 1. The summed E-state index contributed by atoms with van der Waals surface area (Å²) in [5.41, 5.74) is 3.51. The molecule has 8 heteroatoms. The van der Waals surface area contributed by atoms with Crippen molar-refractivity contribution in [3.63, 3.8) is 0 Å². The molecular formula is C16H15N3O5. The third-order valence-electron chi connectivity index (χ3n) is 3.23. The van der Waals surface area contributed by atoms with Gasteiger partial charge in [0.25, 0.3) is 5.69 Å². The normalized spacial score (nSPS) is 11.1. The third-order valence-corrected chi connectivity index (χ3v) is 3.23. The first-order valence-corrected chi connectivity index (χ1v) is 6.95. The summed E-state index contributed by atoms with van der Waals surface area (Å²) in [5.74, 6) is -0.518. The molecule has 0 fully saturated rings. The molecule has 0 aromatic heterocycles. The summed E-state index contributed by atoms with van der Waals surface area (Å²) in [4.78, 5) is 21.9. The van der Waals surface area contributed by atoms with Gasteiger partial charge in [-0.05, 0) is 30.7 Å². The highest BCUT2D eigenvalue weighted by atomic mass is 16.6. The van der Waals surface area contributed by atoms with Gasteiger partial charge in [-0.3, -0.25) is 14.9 Å². The average Bonchev–Trinajstić information content (AvgIpc) is 2.55. The van der Waals surface area contributed by atoms with Crippen molar-refractivity contribution in [3.05, 3.63) is 63.7 Å². The van der Waals surface area contributed by atoms with Gasteiger partial charge in [0.15, 0.2) is 0 Å². The van der Waals surface area contributed by atoms with E-state index >= 15 is 0 Å². The number of phenolic OH excluding ortho intramolecular Hbond substituents is 2. The van der Waals surface area contributed by atoms with E-state index < -0.39 is 10.8 Å². The molecule has 0 bridgehead atoms. The lowest BCUT2D eigenvalue weighted by Crippen LogP contribution is -2.21. The van der Waals surface area contributed by atoms with E-state index in [0.717, 1.165) is 0 Å². The van der Waals surface area contributed by atoms with E-state index in [0.29, 0.717) is 16.8 Å². The van der Waals surface area contributed by atoms with Crippen LogP contribution in [0.1, 0.15) is 18.1 Å². The molecule has 0 aliphatic carbocycles. The molecule has 0 saturated carbocycles. The molecule has 0 saturated heterocycles. The zero-order valence-corrected chi connectivity index (χ0v) is 12.8. The fourth-order valence-electron chi connectivity index (χ4n) is 1.98. The van der Waals surface area contributed by atoms with E-state index in [1.54, 1.807) is 6.92 Å². The van der Waals surface area contributed by atoms with Gasteiger partial charge >= 0.3 is 0 Å². The second-order valence-corrected chi connectivity index (χ2v) is 5.03. The molecule has 0 heterocycles. The molecule has 0 atom stereocenters. The van der Waals surface area contributed by atoms with Crippen molar-refractivity contribution in [2.75, 3.05) is 0 Å². The fraction of sp³-hybridized carbons (Fsp3) is 0.125. The van der Waals surface area contributed by atoms with Crippen molar-refractivity contribution in [1.82, 2.24) is 5.43 Å². The summed E-state index contributed by atoms with van der Waals surface area (Å²) >= 11 is 0. The number of aromatic hydroxyl groups is 2. The smallest absolute Gasteiger partial charge is 0.269 e. The van der Waals surface area contributed by atoms with Crippen LogP contribution in [0.2, 0.25) is 0 Å². The van der Waals surface area contributed by atoms with E-state index in [2.05, 4.69) is 10.5 Å². The van der Waals surface area contributed by atoms with Crippen molar-refractivity contribution in [2.24, 2.45) is 5.10 Å². The Bertz CT molecular complexity index is 800. The van der Waals surface area contributed by atoms with Gasteiger partial charge in [0, 0.05) is 17.7 Å². The Hall–Kier alpha value is -3.42. The highest BCUT2D eigenvalue weighted by Gasteiger charge is 2.09. The monoisotopic (exact) mass is 329 g/mol. The predicted octanol–water partition coefficient (Wildman–Crippen LogP) is 2.09. The minimum Gasteiger partial charge on any atom is -0.508 e. The van der Waals surface area contributed by atoms with E-state index in [1.807, 2.05) is 0 Å². The molecule has 2 aromatic carbocycles. The van der Waals surface area contributed by atoms with Crippen LogP contribution < -0.4 is 5.43 Å². The Kier molecular flexibility index (Phi) is 5.10. The van der Waals surface area contributed by atoms with Crippen LogP contribution >= 0.6 is 0 Å². The van der Waals surface area contributed by atoms with Gasteiger partial charge in [0.1, 0.15) is 11.5 Å². The topological polar surface area (TPSA) is 125 Å². The van der Waals surface area contributed by atoms with E-state index in [1.165, 1.54) is 42.5 Å². The summed E-state index contributed by atoms with van der Waals surface area (Å²) in [7, 11) is 0. The van der Waals surface area contributed by atoms with Crippen LogP contribution in [0.4, 0.5) is 5.69 Å². The Morgan fingerprint density at radius 1 is 1.21 bits per heavy atom. The van der Waals surface area contributed by atoms with Crippen LogP contribution in [-0.2, 0) is 11.2 Å². The lowest BCUT2D eigenvalue weighted by Gasteiger charge is -2.06. The maximum absolute atomic E-state index is 11.9. The van der Waals surface area contributed by atoms with Crippen LogP contribution in [0, 0.1) is 10.1 Å². The van der Waals surface area contributed by atoms with E-state index in [-0.39, 0.29) is 23.6 Å². The molecule has 3 N–H and O–H groups in total. The van der Waals surface area contributed by atoms with Crippen molar-refractivity contribution < 1.29 is 19.9 Å². The van der Waals surface area contributed by atoms with E-state index in [4.69, 9.17) is 0 Å². The fourth-order valence-corrected chi connectivity index (χ4v) is 1.98. The average molecular weight is 329 g/mol. The maximum atomic E-state index is 11.9. The van der Waals surface area contributed by atoms with Crippen LogP contribution in [0.15, 0.2) is 47.6 Å². The highest BCUT2D eigenvalue weighted by Crippen LogP contribution is 2.22. The molecule has 124 valence electrons. The Labute approximate surface area is 137 Å². The third kappa shape index (κ3) is 4.29. The molecule has 0 aliphatic heterocycles. The van der Waals surface area contributed by atoms with Gasteiger partial charge in [0.05, 0.1) is 17.1 Å². The molecule has 1 amide bonds. The largest absolute Gasteiger partial charge is 0.508 e. The van der Waals surface area contributed by atoms with Gasteiger partial charge < -0.3 is 10.2 Å². The minimum atomic E-state index is -0.515. The molecule has 0 aliphatic rings. The lowest BCUT2D eigenvalue weighted by molar-refractivity contribution is -0.384. The number of rotatable bonds is 5. The number of nitrogens with one attached hydrogen (secondary N) is 1. The molecule has 24 heavy (non-hydrogen) atoms. The zero-order chi connectivity index (χ0) is 17.7. The molecule has 2 aromatic rings. The number of benzene rings is 2. The van der Waals surface area contributed by atoms with Gasteiger partial charge in [-0.25, -0.2) is 5.43 Å². The molecule has 0 spiro atoms. The highest BCUT2D eigenvalue weighted by molar-refractivity contribution is 6.01.